The molecule has 0 bridgehead atoms. The molecule has 0 fully saturated rings. The Kier molecular flexibility index (Phi) is 3.19. The first-order valence-corrected chi connectivity index (χ1v) is 5.40. The number of rotatable bonds is 1. The number of anilines is 2. The van der Waals surface area contributed by atoms with Crippen LogP contribution < -0.4 is 15.5 Å². The molecule has 2 amide bonds. The Balaban J connectivity index is 2.36. The van der Waals surface area contributed by atoms with Crippen LogP contribution in [0.3, 0.4) is 0 Å². The zero-order valence-corrected chi connectivity index (χ0v) is 10.1. The zero-order valence-electron chi connectivity index (χ0n) is 9.35. The fraction of sp³-hybridized carbons (Fsp3) is 0.333. The summed E-state index contributed by atoms with van der Waals surface area (Å²) in [5, 5.41) is 13.8. The quantitative estimate of drug-likeness (QED) is 0.628. The number of hydrogen-bond donors (Lipinski definition) is 3. The maximum atomic E-state index is 12.0. The molecule has 0 saturated heterocycles. The molecule has 0 radical (unpaired) electrons. The lowest BCUT2D eigenvalue weighted by molar-refractivity contribution is -0.119. The summed E-state index contributed by atoms with van der Waals surface area (Å²) in [4.78, 5) is 31.6. The third-order valence-electron chi connectivity index (χ3n) is 2.51. The van der Waals surface area contributed by atoms with Crippen molar-refractivity contribution in [3.63, 3.8) is 0 Å². The van der Waals surface area contributed by atoms with Crippen LogP contribution >= 0.6 is 11.6 Å². The molecular weight excluding hydrogens is 262 g/mol. The average molecular weight is 272 g/mol. The first-order chi connectivity index (χ1) is 8.50. The molecule has 1 aliphatic heterocycles. The van der Waals surface area contributed by atoms with E-state index in [1.807, 2.05) is 0 Å². The highest BCUT2D eigenvalue weighted by Crippen LogP contribution is 2.31. The van der Waals surface area contributed by atoms with Gasteiger partial charge >= 0.3 is 6.09 Å². The fourth-order valence-electron chi connectivity index (χ4n) is 1.68. The second kappa shape index (κ2) is 4.65. The topological polar surface area (TPSA) is 107 Å². The summed E-state index contributed by atoms with van der Waals surface area (Å²) in [6, 6.07) is -0.905. The summed E-state index contributed by atoms with van der Waals surface area (Å²) in [6.07, 6.45) is -0.0102. The van der Waals surface area contributed by atoms with E-state index in [1.165, 1.54) is 18.3 Å². The van der Waals surface area contributed by atoms with E-state index in [4.69, 9.17) is 16.7 Å². The number of fused-ring (bicyclic) bond motifs is 1. The Morgan fingerprint density at radius 1 is 1.67 bits per heavy atom. The van der Waals surface area contributed by atoms with Gasteiger partial charge in [-0.2, -0.15) is 0 Å². The number of hydrogen-bond acceptors (Lipinski definition) is 5. The van der Waals surface area contributed by atoms with Gasteiger partial charge in [-0.1, -0.05) is 11.6 Å². The number of aromatic nitrogens is 2. The highest BCUT2D eigenvalue weighted by molar-refractivity contribution is 6.33. The minimum atomic E-state index is -1.27. The molecular formula is C9H10ClN5O3. The molecule has 1 unspecified atom stereocenters. The maximum Gasteiger partial charge on any atom is 0.405 e. The monoisotopic (exact) mass is 271 g/mol. The number of carbonyl (C=O) groups excluding carboxylic acids is 1. The number of nitrogens with one attached hydrogen (secondary N) is 2. The van der Waals surface area contributed by atoms with Crippen molar-refractivity contribution in [2.45, 2.75) is 6.04 Å². The molecule has 2 rings (SSSR count). The van der Waals surface area contributed by atoms with E-state index in [0.29, 0.717) is 11.5 Å². The smallest absolute Gasteiger partial charge is 0.405 e. The third kappa shape index (κ3) is 2.14. The van der Waals surface area contributed by atoms with Crippen LogP contribution in [-0.4, -0.2) is 46.7 Å². The summed E-state index contributed by atoms with van der Waals surface area (Å²) in [6.45, 7) is 0.0931. The van der Waals surface area contributed by atoms with Gasteiger partial charge < -0.3 is 20.6 Å². The Bertz CT molecular complexity index is 509. The lowest BCUT2D eigenvalue weighted by Gasteiger charge is -2.20. The Morgan fingerprint density at radius 2 is 2.39 bits per heavy atom. The Hall–Kier alpha value is -2.09. The van der Waals surface area contributed by atoms with Crippen molar-refractivity contribution < 1.29 is 14.7 Å². The molecule has 8 nitrogen and oxygen atoms in total. The third-order valence-corrected chi connectivity index (χ3v) is 2.79. The first kappa shape index (κ1) is 12.4. The predicted octanol–water partition coefficient (Wildman–Crippen LogP) is 0.154. The lowest BCUT2D eigenvalue weighted by atomic mass is 10.2. The molecule has 18 heavy (non-hydrogen) atoms. The van der Waals surface area contributed by atoms with Crippen LogP contribution in [0.25, 0.3) is 0 Å². The van der Waals surface area contributed by atoms with Crippen LogP contribution in [0.1, 0.15) is 0 Å². The minimum Gasteiger partial charge on any atom is -0.465 e. The summed E-state index contributed by atoms with van der Waals surface area (Å²) < 4.78 is 0. The summed E-state index contributed by atoms with van der Waals surface area (Å²) >= 11 is 5.91. The molecule has 1 aromatic heterocycles. The van der Waals surface area contributed by atoms with E-state index in [9.17, 15) is 9.59 Å². The van der Waals surface area contributed by atoms with Crippen molar-refractivity contribution >= 4 is 35.1 Å². The van der Waals surface area contributed by atoms with Crippen molar-refractivity contribution in [3.05, 3.63) is 11.5 Å². The van der Waals surface area contributed by atoms with Gasteiger partial charge in [0.15, 0.2) is 11.0 Å². The Labute approximate surface area is 107 Å². The second-order valence-corrected chi connectivity index (χ2v) is 4.00. The van der Waals surface area contributed by atoms with Gasteiger partial charge in [0.25, 0.3) is 5.91 Å². The van der Waals surface area contributed by atoms with Crippen molar-refractivity contribution in [3.8, 4) is 0 Å². The Morgan fingerprint density at radius 3 is 3.06 bits per heavy atom. The number of amides is 2. The molecule has 1 aliphatic rings. The van der Waals surface area contributed by atoms with Crippen LogP contribution in [0.15, 0.2) is 6.33 Å². The van der Waals surface area contributed by atoms with E-state index in [-0.39, 0.29) is 11.7 Å². The fourth-order valence-corrected chi connectivity index (χ4v) is 1.94. The average Bonchev–Trinajstić information content (AvgIpc) is 2.42. The normalized spacial score (nSPS) is 18.7. The van der Waals surface area contributed by atoms with Gasteiger partial charge in [0.2, 0.25) is 0 Å². The van der Waals surface area contributed by atoms with Crippen molar-refractivity contribution in [1.82, 2.24) is 15.3 Å². The number of carboxylic acid groups (broad SMARTS) is 1. The summed E-state index contributed by atoms with van der Waals surface area (Å²) in [7, 11) is 1.49. The van der Waals surface area contributed by atoms with Crippen molar-refractivity contribution in [1.29, 1.82) is 0 Å². The molecule has 1 aromatic rings. The lowest BCUT2D eigenvalue weighted by Crippen LogP contribution is -2.49. The van der Waals surface area contributed by atoms with Crippen LogP contribution in [-0.2, 0) is 4.79 Å². The summed E-state index contributed by atoms with van der Waals surface area (Å²) in [5.41, 5.74) is 0.332. The van der Waals surface area contributed by atoms with E-state index in [2.05, 4.69) is 20.6 Å². The maximum absolute atomic E-state index is 12.0. The number of carbonyl (C=O) groups is 2. The molecule has 1 atom stereocenters. The van der Waals surface area contributed by atoms with Gasteiger partial charge in [-0.3, -0.25) is 4.79 Å². The highest BCUT2D eigenvalue weighted by Gasteiger charge is 2.31. The highest BCUT2D eigenvalue weighted by atomic mass is 35.5. The SMILES string of the molecule is CN1C(=O)C(NC(=O)O)CNc2ncnc(Cl)c21. The van der Waals surface area contributed by atoms with Gasteiger partial charge in [-0.05, 0) is 0 Å². The van der Waals surface area contributed by atoms with Crippen LogP contribution in [0, 0.1) is 0 Å². The molecule has 2 heterocycles. The van der Waals surface area contributed by atoms with E-state index < -0.39 is 18.0 Å². The first-order valence-electron chi connectivity index (χ1n) is 5.02. The van der Waals surface area contributed by atoms with Gasteiger partial charge in [-0.15, -0.1) is 0 Å². The van der Waals surface area contributed by atoms with Gasteiger partial charge in [0, 0.05) is 13.6 Å². The molecule has 96 valence electrons. The zero-order chi connectivity index (χ0) is 13.3. The van der Waals surface area contributed by atoms with E-state index >= 15 is 0 Å². The van der Waals surface area contributed by atoms with Gasteiger partial charge in [0.05, 0.1) is 0 Å². The van der Waals surface area contributed by atoms with Crippen molar-refractivity contribution in [2.75, 3.05) is 23.8 Å². The van der Waals surface area contributed by atoms with Crippen LogP contribution in [0.5, 0.6) is 0 Å². The van der Waals surface area contributed by atoms with Crippen molar-refractivity contribution in [2.24, 2.45) is 0 Å². The number of nitrogens with zero attached hydrogens (tertiary/aromatic N) is 3. The molecule has 0 aliphatic carbocycles. The molecule has 9 heteroatoms. The van der Waals surface area contributed by atoms with E-state index in [1.54, 1.807) is 0 Å². The molecule has 3 N–H and O–H groups in total. The van der Waals surface area contributed by atoms with Crippen LogP contribution in [0.4, 0.5) is 16.3 Å². The minimum absolute atomic E-state index is 0.0931. The number of likely N-dealkylation sites (N-methyl/N-ethyl adjacent to an activating group) is 1. The second-order valence-electron chi connectivity index (χ2n) is 3.64. The van der Waals surface area contributed by atoms with Gasteiger partial charge in [0.1, 0.15) is 18.1 Å². The predicted molar refractivity (Wildman–Crippen MR) is 63.9 cm³/mol. The standard InChI is InChI=1S/C9H10ClN5O3/c1-15-5-6(10)12-3-13-7(5)11-2-4(8(15)16)14-9(17)18/h3-4,14H,2H2,1H3,(H,17,18)(H,11,12,13). The van der Waals surface area contributed by atoms with E-state index in [0.717, 1.165) is 0 Å². The van der Waals surface area contributed by atoms with Gasteiger partial charge in [-0.25, -0.2) is 14.8 Å². The largest absolute Gasteiger partial charge is 0.465 e. The molecule has 0 aromatic carbocycles. The summed E-state index contributed by atoms with van der Waals surface area (Å²) in [5.74, 6) is -0.0408. The number of halogens is 1. The molecule has 0 saturated carbocycles. The van der Waals surface area contributed by atoms with Crippen LogP contribution in [0.2, 0.25) is 5.15 Å². The molecule has 0 spiro atoms.